The molecule has 19 heavy (non-hydrogen) atoms. The van der Waals surface area contributed by atoms with Gasteiger partial charge in [-0.3, -0.25) is 0 Å². The molecule has 2 rings (SSSR count). The van der Waals surface area contributed by atoms with Gasteiger partial charge in [-0.1, -0.05) is 32.9 Å². The van der Waals surface area contributed by atoms with Crippen LogP contribution in [0.2, 0.25) is 0 Å². The van der Waals surface area contributed by atoms with Gasteiger partial charge >= 0.3 is 0 Å². The van der Waals surface area contributed by atoms with Crippen molar-refractivity contribution >= 4 is 0 Å². The first kappa shape index (κ1) is 14.5. The number of aromatic nitrogens is 2. The second-order valence-corrected chi connectivity index (χ2v) is 7.04. The first-order chi connectivity index (χ1) is 8.91. The molecule has 1 aliphatic carbocycles. The number of hydrogen-bond acceptors (Lipinski definition) is 4. The first-order valence-electron chi connectivity index (χ1n) is 7.44. The summed E-state index contributed by atoms with van der Waals surface area (Å²) in [4.78, 5) is 4.53. The Hall–Kier alpha value is -0.900. The lowest BCUT2D eigenvalue weighted by Gasteiger charge is -2.30. The van der Waals surface area contributed by atoms with Crippen molar-refractivity contribution in [2.45, 2.75) is 59.3 Å². The van der Waals surface area contributed by atoms with E-state index in [2.05, 4.69) is 37.8 Å². The molecule has 1 aromatic heterocycles. The lowest BCUT2D eigenvalue weighted by atomic mass is 9.76. The van der Waals surface area contributed by atoms with Gasteiger partial charge < -0.3 is 10.3 Å². The normalized spacial score (nSPS) is 24.5. The molecule has 1 fully saturated rings. The SMILES string of the molecule is CC1CC1c1noc(CCC(CCN)C(C)(C)C)n1. The van der Waals surface area contributed by atoms with Crippen LogP contribution < -0.4 is 5.73 Å². The average molecular weight is 265 g/mol. The lowest BCUT2D eigenvalue weighted by molar-refractivity contribution is 0.208. The Balaban J connectivity index is 1.88. The molecule has 1 aromatic rings. The summed E-state index contributed by atoms with van der Waals surface area (Å²) < 4.78 is 5.36. The lowest BCUT2D eigenvalue weighted by Crippen LogP contribution is -2.24. The Morgan fingerprint density at radius 3 is 2.58 bits per heavy atom. The Bertz CT molecular complexity index is 408. The monoisotopic (exact) mass is 265 g/mol. The van der Waals surface area contributed by atoms with Crippen molar-refractivity contribution in [2.75, 3.05) is 6.54 Å². The largest absolute Gasteiger partial charge is 0.339 e. The van der Waals surface area contributed by atoms with Crippen molar-refractivity contribution in [1.82, 2.24) is 10.1 Å². The van der Waals surface area contributed by atoms with Crippen LogP contribution in [0.25, 0.3) is 0 Å². The molecular formula is C15H27N3O. The molecule has 1 saturated carbocycles. The molecule has 0 saturated heterocycles. The number of rotatable bonds is 6. The van der Waals surface area contributed by atoms with Crippen LogP contribution in [0, 0.1) is 17.3 Å². The van der Waals surface area contributed by atoms with Crippen LogP contribution in [0.3, 0.4) is 0 Å². The van der Waals surface area contributed by atoms with Crippen LogP contribution in [-0.4, -0.2) is 16.7 Å². The molecule has 0 aromatic carbocycles. The maximum absolute atomic E-state index is 5.71. The van der Waals surface area contributed by atoms with Crippen LogP contribution in [0.4, 0.5) is 0 Å². The van der Waals surface area contributed by atoms with E-state index in [9.17, 15) is 0 Å². The van der Waals surface area contributed by atoms with Gasteiger partial charge in [0.15, 0.2) is 5.82 Å². The molecule has 3 atom stereocenters. The Morgan fingerprint density at radius 1 is 1.37 bits per heavy atom. The molecule has 108 valence electrons. The molecule has 0 radical (unpaired) electrons. The van der Waals surface area contributed by atoms with Crippen LogP contribution in [-0.2, 0) is 6.42 Å². The number of hydrogen-bond donors (Lipinski definition) is 1. The molecule has 0 amide bonds. The van der Waals surface area contributed by atoms with Crippen molar-refractivity contribution in [3.05, 3.63) is 11.7 Å². The van der Waals surface area contributed by atoms with Crippen molar-refractivity contribution in [3.8, 4) is 0 Å². The standard InChI is InChI=1S/C15H27N3O/c1-10-9-12(10)14-17-13(19-18-14)6-5-11(7-8-16)15(2,3)4/h10-12H,5-9,16H2,1-4H3. The summed E-state index contributed by atoms with van der Waals surface area (Å²) in [6.07, 6.45) is 4.21. The predicted octanol–water partition coefficient (Wildman–Crippen LogP) is 3.14. The van der Waals surface area contributed by atoms with Crippen LogP contribution in [0.1, 0.15) is 64.6 Å². The second-order valence-electron chi connectivity index (χ2n) is 7.04. The highest BCUT2D eigenvalue weighted by atomic mass is 16.5. The van der Waals surface area contributed by atoms with E-state index < -0.39 is 0 Å². The minimum Gasteiger partial charge on any atom is -0.339 e. The smallest absolute Gasteiger partial charge is 0.226 e. The third-order valence-electron chi connectivity index (χ3n) is 4.37. The third-order valence-corrected chi connectivity index (χ3v) is 4.37. The van der Waals surface area contributed by atoms with Gasteiger partial charge in [0.05, 0.1) is 0 Å². The zero-order valence-corrected chi connectivity index (χ0v) is 12.6. The van der Waals surface area contributed by atoms with Gasteiger partial charge in [0.2, 0.25) is 5.89 Å². The van der Waals surface area contributed by atoms with E-state index in [4.69, 9.17) is 10.3 Å². The van der Waals surface area contributed by atoms with Gasteiger partial charge in [0.25, 0.3) is 0 Å². The van der Waals surface area contributed by atoms with E-state index in [1.807, 2.05) is 0 Å². The van der Waals surface area contributed by atoms with Crippen molar-refractivity contribution in [1.29, 1.82) is 0 Å². The van der Waals surface area contributed by atoms with E-state index >= 15 is 0 Å². The maximum Gasteiger partial charge on any atom is 0.226 e. The molecule has 2 N–H and O–H groups in total. The molecule has 0 spiro atoms. The average Bonchev–Trinajstić information content (AvgIpc) is 2.88. The fourth-order valence-electron chi connectivity index (χ4n) is 2.71. The Kier molecular flexibility index (Phi) is 4.29. The summed E-state index contributed by atoms with van der Waals surface area (Å²) >= 11 is 0. The molecule has 0 aliphatic heterocycles. The van der Waals surface area contributed by atoms with E-state index in [1.165, 1.54) is 6.42 Å². The molecule has 3 unspecified atom stereocenters. The van der Waals surface area contributed by atoms with Gasteiger partial charge in [-0.05, 0) is 43.1 Å². The predicted molar refractivity (Wildman–Crippen MR) is 75.8 cm³/mol. The van der Waals surface area contributed by atoms with Crippen molar-refractivity contribution in [3.63, 3.8) is 0 Å². The van der Waals surface area contributed by atoms with E-state index in [1.54, 1.807) is 0 Å². The van der Waals surface area contributed by atoms with E-state index in [-0.39, 0.29) is 5.41 Å². The number of nitrogens with two attached hydrogens (primary N) is 1. The van der Waals surface area contributed by atoms with Gasteiger partial charge in [-0.15, -0.1) is 0 Å². The highest BCUT2D eigenvalue weighted by Gasteiger charge is 2.38. The molecule has 4 nitrogen and oxygen atoms in total. The zero-order chi connectivity index (χ0) is 14.0. The zero-order valence-electron chi connectivity index (χ0n) is 12.6. The molecular weight excluding hydrogens is 238 g/mol. The van der Waals surface area contributed by atoms with Crippen LogP contribution in [0.5, 0.6) is 0 Å². The summed E-state index contributed by atoms with van der Waals surface area (Å²) in [6, 6.07) is 0. The Labute approximate surface area is 116 Å². The molecule has 4 heteroatoms. The van der Waals surface area contributed by atoms with Crippen molar-refractivity contribution < 1.29 is 4.52 Å². The summed E-state index contributed by atoms with van der Waals surface area (Å²) in [5.74, 6) is 3.58. The highest BCUT2D eigenvalue weighted by Crippen LogP contribution is 2.45. The minimum absolute atomic E-state index is 0.285. The Morgan fingerprint density at radius 2 is 2.05 bits per heavy atom. The quantitative estimate of drug-likeness (QED) is 0.858. The molecule has 1 heterocycles. The maximum atomic E-state index is 5.71. The molecule has 0 bridgehead atoms. The minimum atomic E-state index is 0.285. The third kappa shape index (κ3) is 3.78. The topological polar surface area (TPSA) is 64.9 Å². The van der Waals surface area contributed by atoms with Crippen LogP contribution >= 0.6 is 0 Å². The van der Waals surface area contributed by atoms with Gasteiger partial charge in [0, 0.05) is 12.3 Å². The van der Waals surface area contributed by atoms with Gasteiger partial charge in [-0.25, -0.2) is 0 Å². The van der Waals surface area contributed by atoms with Crippen LogP contribution in [0.15, 0.2) is 4.52 Å². The molecule has 1 aliphatic rings. The van der Waals surface area contributed by atoms with Crippen molar-refractivity contribution in [2.24, 2.45) is 23.0 Å². The summed E-state index contributed by atoms with van der Waals surface area (Å²) in [5.41, 5.74) is 6.00. The number of aryl methyl sites for hydroxylation is 1. The van der Waals surface area contributed by atoms with Gasteiger partial charge in [0.1, 0.15) is 0 Å². The van der Waals surface area contributed by atoms with Gasteiger partial charge in [-0.2, -0.15) is 4.98 Å². The van der Waals surface area contributed by atoms with E-state index in [0.29, 0.717) is 11.8 Å². The highest BCUT2D eigenvalue weighted by molar-refractivity contribution is 5.07. The summed E-state index contributed by atoms with van der Waals surface area (Å²) in [6.45, 7) is 9.81. The second kappa shape index (κ2) is 5.61. The fraction of sp³-hybridized carbons (Fsp3) is 0.867. The summed E-state index contributed by atoms with van der Waals surface area (Å²) in [7, 11) is 0. The summed E-state index contributed by atoms with van der Waals surface area (Å²) in [5, 5.41) is 4.10. The first-order valence-corrected chi connectivity index (χ1v) is 7.44. The fourth-order valence-corrected chi connectivity index (χ4v) is 2.71. The number of nitrogens with zero attached hydrogens (tertiary/aromatic N) is 2. The van der Waals surface area contributed by atoms with E-state index in [0.717, 1.165) is 43.4 Å².